The SMILES string of the molecule is CSCC[C@@H]1NC(=O)CCCN(C(=O)Cc2nonc2C)CCn2nc(-c3ccccc3)nc2[C@@H](C(C)C)NC1=O. The molecule has 1 aliphatic rings. The zero-order valence-corrected chi connectivity index (χ0v) is 24.8. The van der Waals surface area contributed by atoms with E-state index in [0.29, 0.717) is 55.5 Å². The Hall–Kier alpha value is -3.74. The van der Waals surface area contributed by atoms with Gasteiger partial charge in [-0.1, -0.05) is 54.5 Å². The maximum absolute atomic E-state index is 13.5. The molecule has 220 valence electrons. The Morgan fingerprint density at radius 2 is 1.90 bits per heavy atom. The van der Waals surface area contributed by atoms with Crippen molar-refractivity contribution in [2.75, 3.05) is 25.1 Å². The van der Waals surface area contributed by atoms with Gasteiger partial charge in [-0.2, -0.15) is 16.9 Å². The zero-order chi connectivity index (χ0) is 29.4. The van der Waals surface area contributed by atoms with Crippen LogP contribution < -0.4 is 10.6 Å². The number of benzene rings is 1. The van der Waals surface area contributed by atoms with Gasteiger partial charge in [-0.3, -0.25) is 14.4 Å². The number of fused-ring (bicyclic) bond motifs is 1. The summed E-state index contributed by atoms with van der Waals surface area (Å²) in [6, 6.07) is 8.51. The second-order valence-corrected chi connectivity index (χ2v) is 11.5. The van der Waals surface area contributed by atoms with Crippen LogP contribution in [0.5, 0.6) is 0 Å². The van der Waals surface area contributed by atoms with E-state index in [2.05, 4.69) is 20.9 Å². The molecule has 41 heavy (non-hydrogen) atoms. The number of nitrogens with one attached hydrogen (secondary N) is 2. The molecule has 3 aromatic rings. The summed E-state index contributed by atoms with van der Waals surface area (Å²) in [5.41, 5.74) is 1.91. The number of aryl methyl sites for hydroxylation is 1. The van der Waals surface area contributed by atoms with Crippen LogP contribution in [0.2, 0.25) is 0 Å². The fourth-order valence-electron chi connectivity index (χ4n) is 4.68. The summed E-state index contributed by atoms with van der Waals surface area (Å²) in [5.74, 6) is 1.23. The number of hydrogen-bond acceptors (Lipinski definition) is 9. The molecule has 2 aromatic heterocycles. The van der Waals surface area contributed by atoms with Crippen molar-refractivity contribution in [3.8, 4) is 11.4 Å². The zero-order valence-electron chi connectivity index (χ0n) is 24.0. The topological polar surface area (TPSA) is 148 Å². The first-order valence-corrected chi connectivity index (χ1v) is 15.3. The van der Waals surface area contributed by atoms with E-state index >= 15 is 0 Å². The molecule has 1 aromatic carbocycles. The highest BCUT2D eigenvalue weighted by Gasteiger charge is 2.30. The molecular weight excluding hydrogens is 544 g/mol. The number of carbonyl (C=O) groups is 3. The van der Waals surface area contributed by atoms with Gasteiger partial charge in [0.1, 0.15) is 17.4 Å². The molecule has 3 heterocycles. The van der Waals surface area contributed by atoms with Gasteiger partial charge in [-0.25, -0.2) is 14.3 Å². The molecule has 13 heteroatoms. The minimum absolute atomic E-state index is 0.0179. The van der Waals surface area contributed by atoms with Crippen molar-refractivity contribution in [1.29, 1.82) is 0 Å². The quantitative estimate of drug-likeness (QED) is 0.429. The van der Waals surface area contributed by atoms with Gasteiger partial charge in [0.15, 0.2) is 11.6 Å². The summed E-state index contributed by atoms with van der Waals surface area (Å²) in [7, 11) is 0. The highest BCUT2D eigenvalue weighted by molar-refractivity contribution is 7.98. The Labute approximate surface area is 244 Å². The van der Waals surface area contributed by atoms with Gasteiger partial charge in [0.05, 0.1) is 19.0 Å². The molecule has 0 fully saturated rings. The van der Waals surface area contributed by atoms with Gasteiger partial charge in [-0.05, 0) is 37.7 Å². The molecule has 2 atom stereocenters. The fourth-order valence-corrected chi connectivity index (χ4v) is 5.16. The maximum Gasteiger partial charge on any atom is 0.243 e. The van der Waals surface area contributed by atoms with Crippen LogP contribution in [0.25, 0.3) is 11.4 Å². The Bertz CT molecular complexity index is 1330. The van der Waals surface area contributed by atoms with Crippen LogP contribution in [-0.2, 0) is 27.3 Å². The number of hydrogen-bond donors (Lipinski definition) is 2. The van der Waals surface area contributed by atoms with Crippen molar-refractivity contribution in [2.24, 2.45) is 5.92 Å². The smallest absolute Gasteiger partial charge is 0.243 e. The molecule has 2 N–H and O–H groups in total. The summed E-state index contributed by atoms with van der Waals surface area (Å²) >= 11 is 1.62. The highest BCUT2D eigenvalue weighted by Crippen LogP contribution is 2.25. The lowest BCUT2D eigenvalue weighted by molar-refractivity contribution is -0.132. The van der Waals surface area contributed by atoms with Crippen LogP contribution in [0.3, 0.4) is 0 Å². The summed E-state index contributed by atoms with van der Waals surface area (Å²) < 4.78 is 6.56. The summed E-state index contributed by atoms with van der Waals surface area (Å²) in [4.78, 5) is 46.3. The Morgan fingerprint density at radius 1 is 1.12 bits per heavy atom. The third kappa shape index (κ3) is 7.93. The van der Waals surface area contributed by atoms with Gasteiger partial charge in [0.25, 0.3) is 0 Å². The normalized spacial score (nSPS) is 18.9. The van der Waals surface area contributed by atoms with Gasteiger partial charge >= 0.3 is 0 Å². The predicted octanol–water partition coefficient (Wildman–Crippen LogP) is 2.55. The van der Waals surface area contributed by atoms with Gasteiger partial charge in [0, 0.05) is 25.1 Å². The third-order valence-corrected chi connectivity index (χ3v) is 7.71. The molecule has 4 rings (SSSR count). The molecule has 12 nitrogen and oxygen atoms in total. The standard InChI is InChI=1S/C28H38N8O4S/c1-18(2)25-27-31-26(20-9-6-5-7-10-20)32-36(27)15-14-35(24(38)17-22-19(3)33-40-34-22)13-8-11-23(37)29-21(12-16-41-4)28(39)30-25/h5-7,9-10,18,21,25H,8,11-17H2,1-4H3,(H,29,37)(H,30,39)/t21-,25+/m0/s1. The number of thioether (sulfide) groups is 1. The average Bonchev–Trinajstić information content (AvgIpc) is 3.56. The first kappa shape index (κ1) is 30.2. The second-order valence-electron chi connectivity index (χ2n) is 10.5. The monoisotopic (exact) mass is 582 g/mol. The third-order valence-electron chi connectivity index (χ3n) is 7.07. The van der Waals surface area contributed by atoms with E-state index in [-0.39, 0.29) is 36.5 Å². The molecule has 0 bridgehead atoms. The van der Waals surface area contributed by atoms with Crippen molar-refractivity contribution in [3.63, 3.8) is 0 Å². The molecule has 0 aliphatic carbocycles. The molecule has 3 amide bonds. The first-order valence-electron chi connectivity index (χ1n) is 13.9. The lowest BCUT2D eigenvalue weighted by Crippen LogP contribution is -2.49. The Kier molecular flexibility index (Phi) is 10.5. The molecule has 0 saturated heterocycles. The van der Waals surface area contributed by atoms with E-state index in [4.69, 9.17) is 14.7 Å². The van der Waals surface area contributed by atoms with Crippen LogP contribution >= 0.6 is 11.8 Å². The van der Waals surface area contributed by atoms with Crippen LogP contribution in [0.4, 0.5) is 0 Å². The molecule has 0 unspecified atom stereocenters. The molecule has 1 aliphatic heterocycles. The minimum Gasteiger partial charge on any atom is -0.344 e. The van der Waals surface area contributed by atoms with E-state index in [1.807, 2.05) is 50.4 Å². The Balaban J connectivity index is 1.69. The number of nitrogens with zero attached hydrogens (tertiary/aromatic N) is 6. The van der Waals surface area contributed by atoms with Crippen LogP contribution in [-0.4, -0.2) is 78.8 Å². The lowest BCUT2D eigenvalue weighted by atomic mass is 10.0. The fraction of sp³-hybridized carbons (Fsp3) is 0.536. The predicted molar refractivity (Wildman–Crippen MR) is 155 cm³/mol. The molecule has 0 saturated carbocycles. The van der Waals surface area contributed by atoms with Crippen LogP contribution in [0.1, 0.15) is 56.4 Å². The maximum atomic E-state index is 13.5. The number of carbonyl (C=O) groups excluding carboxylic acids is 3. The first-order chi connectivity index (χ1) is 19.8. The molecule has 0 spiro atoms. The van der Waals surface area contributed by atoms with Crippen molar-refractivity contribution in [2.45, 2.75) is 65.1 Å². The summed E-state index contributed by atoms with van der Waals surface area (Å²) in [6.45, 7) is 6.82. The number of amides is 3. The average molecular weight is 583 g/mol. The largest absolute Gasteiger partial charge is 0.344 e. The number of rotatable bonds is 7. The van der Waals surface area contributed by atoms with Crippen molar-refractivity contribution < 1.29 is 19.0 Å². The van der Waals surface area contributed by atoms with E-state index in [9.17, 15) is 14.4 Å². The van der Waals surface area contributed by atoms with E-state index in [0.717, 1.165) is 11.3 Å². The second kappa shape index (κ2) is 14.2. The molecular formula is C28H38N8O4S. The lowest BCUT2D eigenvalue weighted by Gasteiger charge is -2.28. The van der Waals surface area contributed by atoms with Crippen LogP contribution in [0.15, 0.2) is 35.0 Å². The van der Waals surface area contributed by atoms with Crippen molar-refractivity contribution >= 4 is 29.5 Å². The van der Waals surface area contributed by atoms with Gasteiger partial charge in [-0.15, -0.1) is 0 Å². The van der Waals surface area contributed by atoms with Crippen LogP contribution in [0, 0.1) is 12.8 Å². The van der Waals surface area contributed by atoms with Crippen molar-refractivity contribution in [1.82, 2.24) is 40.6 Å². The number of aromatic nitrogens is 5. The summed E-state index contributed by atoms with van der Waals surface area (Å²) in [6.07, 6.45) is 3.15. The van der Waals surface area contributed by atoms with Gasteiger partial charge in [0.2, 0.25) is 17.7 Å². The summed E-state index contributed by atoms with van der Waals surface area (Å²) in [5, 5.41) is 18.5. The Morgan fingerprint density at radius 3 is 2.59 bits per heavy atom. The molecule has 0 radical (unpaired) electrons. The highest BCUT2D eigenvalue weighted by atomic mass is 32.2. The van der Waals surface area contributed by atoms with Gasteiger partial charge < -0.3 is 15.5 Å². The van der Waals surface area contributed by atoms with E-state index in [1.54, 1.807) is 28.3 Å². The van der Waals surface area contributed by atoms with E-state index in [1.165, 1.54) is 0 Å². The van der Waals surface area contributed by atoms with Crippen molar-refractivity contribution in [3.05, 3.63) is 47.5 Å². The van der Waals surface area contributed by atoms with E-state index < -0.39 is 12.1 Å². The minimum atomic E-state index is -0.676.